The number of hydrogen-bond donors (Lipinski definition) is 1. The number of hydrazone groups is 1. The van der Waals surface area contributed by atoms with Crippen molar-refractivity contribution in [3.8, 4) is 5.69 Å². The van der Waals surface area contributed by atoms with E-state index in [1.54, 1.807) is 6.21 Å². The average Bonchev–Trinajstić information content (AvgIpc) is 3.01. The van der Waals surface area contributed by atoms with Gasteiger partial charge in [0.05, 0.1) is 11.9 Å². The summed E-state index contributed by atoms with van der Waals surface area (Å²) in [5.41, 5.74) is 7.59. The molecule has 0 aliphatic rings. The highest BCUT2D eigenvalue weighted by Crippen LogP contribution is 2.24. The van der Waals surface area contributed by atoms with E-state index < -0.39 is 0 Å². The van der Waals surface area contributed by atoms with E-state index in [1.165, 1.54) is 3.57 Å². The number of amides is 1. The molecule has 0 aliphatic carbocycles. The number of hydrogen-bond acceptors (Lipinski definition) is 2. The van der Waals surface area contributed by atoms with Crippen molar-refractivity contribution in [1.29, 1.82) is 0 Å². The van der Waals surface area contributed by atoms with Crippen LogP contribution in [0, 0.1) is 17.4 Å². The van der Waals surface area contributed by atoms with Gasteiger partial charge in [0.15, 0.2) is 0 Å². The van der Waals surface area contributed by atoms with Gasteiger partial charge in [0.25, 0.3) is 5.91 Å². The third-order valence-corrected chi connectivity index (χ3v) is 5.88. The Balaban J connectivity index is 1.58. The molecule has 0 saturated heterocycles. The van der Waals surface area contributed by atoms with Crippen LogP contribution in [0.25, 0.3) is 16.5 Å². The second-order valence-corrected chi connectivity index (χ2v) is 8.00. The number of halogens is 1. The molecule has 0 saturated carbocycles. The molecule has 0 unspecified atom stereocenters. The van der Waals surface area contributed by atoms with Crippen LogP contribution in [0.1, 0.15) is 27.3 Å². The van der Waals surface area contributed by atoms with Crippen LogP contribution in [0.5, 0.6) is 0 Å². The normalized spacial score (nSPS) is 11.3. The fourth-order valence-electron chi connectivity index (χ4n) is 3.57. The van der Waals surface area contributed by atoms with Crippen molar-refractivity contribution in [1.82, 2.24) is 9.99 Å². The van der Waals surface area contributed by atoms with Gasteiger partial charge in [-0.25, -0.2) is 5.43 Å². The quantitative estimate of drug-likeness (QED) is 0.224. The second kappa shape index (κ2) is 8.21. The SMILES string of the molecule is Cc1cc(/C=N\NC(=O)c2cccc3ccccc23)c(C)n1-c1ccccc1I. The Hall–Kier alpha value is -2.93. The van der Waals surface area contributed by atoms with Gasteiger partial charge in [-0.05, 0) is 71.5 Å². The number of carbonyl (C=O) groups excluding carboxylic acids is 1. The molecule has 0 bridgehead atoms. The van der Waals surface area contributed by atoms with Crippen molar-refractivity contribution in [2.24, 2.45) is 5.10 Å². The maximum absolute atomic E-state index is 12.6. The molecule has 4 aromatic rings. The predicted molar refractivity (Wildman–Crippen MR) is 127 cm³/mol. The minimum absolute atomic E-state index is 0.218. The van der Waals surface area contributed by atoms with Crippen LogP contribution in [0.4, 0.5) is 0 Å². The summed E-state index contributed by atoms with van der Waals surface area (Å²) in [4.78, 5) is 12.6. The first-order valence-electron chi connectivity index (χ1n) is 9.31. The van der Waals surface area contributed by atoms with Gasteiger partial charge in [-0.15, -0.1) is 0 Å². The van der Waals surface area contributed by atoms with Gasteiger partial charge in [0.2, 0.25) is 0 Å². The molecule has 5 heteroatoms. The zero-order valence-corrected chi connectivity index (χ0v) is 18.3. The molecule has 0 fully saturated rings. The molecule has 0 atom stereocenters. The van der Waals surface area contributed by atoms with E-state index in [9.17, 15) is 4.79 Å². The summed E-state index contributed by atoms with van der Waals surface area (Å²) in [7, 11) is 0. The van der Waals surface area contributed by atoms with Crippen molar-refractivity contribution in [2.75, 3.05) is 0 Å². The van der Waals surface area contributed by atoms with Crippen LogP contribution in [0.3, 0.4) is 0 Å². The van der Waals surface area contributed by atoms with E-state index in [2.05, 4.69) is 69.7 Å². The smallest absolute Gasteiger partial charge is 0.271 e. The van der Waals surface area contributed by atoms with Crippen LogP contribution in [0.15, 0.2) is 77.9 Å². The van der Waals surface area contributed by atoms with Gasteiger partial charge in [0.1, 0.15) is 0 Å². The van der Waals surface area contributed by atoms with Crippen LogP contribution in [-0.4, -0.2) is 16.7 Å². The maximum Gasteiger partial charge on any atom is 0.271 e. The second-order valence-electron chi connectivity index (χ2n) is 6.84. The molecular formula is C24H20IN3O. The number of fused-ring (bicyclic) bond motifs is 1. The number of rotatable bonds is 4. The Bertz CT molecular complexity index is 1230. The zero-order valence-electron chi connectivity index (χ0n) is 16.2. The Morgan fingerprint density at radius 1 is 1.00 bits per heavy atom. The lowest BCUT2D eigenvalue weighted by Crippen LogP contribution is -2.18. The Labute approximate surface area is 183 Å². The molecule has 1 N–H and O–H groups in total. The number of para-hydroxylation sites is 1. The van der Waals surface area contributed by atoms with E-state index in [1.807, 2.05) is 54.6 Å². The molecule has 1 amide bonds. The fraction of sp³-hybridized carbons (Fsp3) is 0.0833. The summed E-state index contributed by atoms with van der Waals surface area (Å²) in [6.07, 6.45) is 1.71. The van der Waals surface area contributed by atoms with E-state index in [0.29, 0.717) is 5.56 Å². The van der Waals surface area contributed by atoms with E-state index in [4.69, 9.17) is 0 Å². The minimum Gasteiger partial charge on any atom is -0.317 e. The predicted octanol–water partition coefficient (Wildman–Crippen LogP) is 5.62. The van der Waals surface area contributed by atoms with Gasteiger partial charge in [-0.2, -0.15) is 5.10 Å². The summed E-state index contributed by atoms with van der Waals surface area (Å²) in [6.45, 7) is 4.13. The first-order chi connectivity index (χ1) is 14.1. The molecule has 4 nitrogen and oxygen atoms in total. The molecule has 0 spiro atoms. The number of benzene rings is 3. The maximum atomic E-state index is 12.6. The Morgan fingerprint density at radius 3 is 2.55 bits per heavy atom. The number of aryl methyl sites for hydroxylation is 1. The highest BCUT2D eigenvalue weighted by molar-refractivity contribution is 14.1. The first-order valence-corrected chi connectivity index (χ1v) is 10.4. The summed E-state index contributed by atoms with van der Waals surface area (Å²) in [5.74, 6) is -0.218. The molecule has 1 heterocycles. The molecule has 1 aromatic heterocycles. The van der Waals surface area contributed by atoms with E-state index in [-0.39, 0.29) is 5.91 Å². The third-order valence-electron chi connectivity index (χ3n) is 4.97. The van der Waals surface area contributed by atoms with Crippen molar-refractivity contribution < 1.29 is 4.79 Å². The van der Waals surface area contributed by atoms with Gasteiger partial charge in [-0.1, -0.05) is 48.5 Å². The molecule has 144 valence electrons. The molecular weight excluding hydrogens is 473 g/mol. The molecule has 4 rings (SSSR count). The number of nitrogens with zero attached hydrogens (tertiary/aromatic N) is 2. The number of aromatic nitrogens is 1. The average molecular weight is 493 g/mol. The van der Waals surface area contributed by atoms with Crippen LogP contribution in [-0.2, 0) is 0 Å². The van der Waals surface area contributed by atoms with Crippen molar-refractivity contribution in [3.05, 3.63) is 98.9 Å². The lowest BCUT2D eigenvalue weighted by molar-refractivity contribution is 0.0957. The van der Waals surface area contributed by atoms with Gasteiger partial charge >= 0.3 is 0 Å². The summed E-state index contributed by atoms with van der Waals surface area (Å²) in [5, 5.41) is 6.17. The molecule has 29 heavy (non-hydrogen) atoms. The van der Waals surface area contributed by atoms with Crippen LogP contribution in [0.2, 0.25) is 0 Å². The van der Waals surface area contributed by atoms with E-state index >= 15 is 0 Å². The zero-order chi connectivity index (χ0) is 20.4. The fourth-order valence-corrected chi connectivity index (χ4v) is 4.19. The summed E-state index contributed by atoms with van der Waals surface area (Å²) < 4.78 is 3.38. The van der Waals surface area contributed by atoms with Gasteiger partial charge in [0, 0.05) is 26.1 Å². The van der Waals surface area contributed by atoms with Crippen molar-refractivity contribution in [3.63, 3.8) is 0 Å². The monoisotopic (exact) mass is 493 g/mol. The summed E-state index contributed by atoms with van der Waals surface area (Å²) in [6, 6.07) is 23.9. The van der Waals surface area contributed by atoms with E-state index in [0.717, 1.165) is 33.4 Å². The first kappa shape index (κ1) is 19.4. The summed E-state index contributed by atoms with van der Waals surface area (Å²) >= 11 is 2.35. The minimum atomic E-state index is -0.218. The lowest BCUT2D eigenvalue weighted by Gasteiger charge is -2.11. The molecule has 0 aliphatic heterocycles. The van der Waals surface area contributed by atoms with Gasteiger partial charge in [-0.3, -0.25) is 4.79 Å². The lowest BCUT2D eigenvalue weighted by atomic mass is 10.0. The van der Waals surface area contributed by atoms with Gasteiger partial charge < -0.3 is 4.57 Å². The van der Waals surface area contributed by atoms with Crippen LogP contribution < -0.4 is 5.43 Å². The highest BCUT2D eigenvalue weighted by Gasteiger charge is 2.12. The van der Waals surface area contributed by atoms with Crippen molar-refractivity contribution in [2.45, 2.75) is 13.8 Å². The third kappa shape index (κ3) is 3.82. The number of carbonyl (C=O) groups is 1. The molecule has 3 aromatic carbocycles. The standard InChI is InChI=1S/C24H20IN3O/c1-16-14-19(17(2)28(16)23-13-6-5-12-22(23)25)15-26-27-24(29)21-11-7-9-18-8-3-4-10-20(18)21/h3-15H,1-2H3,(H,27,29)/b26-15-. The molecule has 0 radical (unpaired) electrons. The number of nitrogens with one attached hydrogen (secondary N) is 1. The Kier molecular flexibility index (Phi) is 5.49. The topological polar surface area (TPSA) is 46.4 Å². The Morgan fingerprint density at radius 2 is 1.72 bits per heavy atom. The van der Waals surface area contributed by atoms with Crippen molar-refractivity contribution >= 4 is 45.5 Å². The highest BCUT2D eigenvalue weighted by atomic mass is 127. The largest absolute Gasteiger partial charge is 0.317 e. The van der Waals surface area contributed by atoms with Crippen LogP contribution >= 0.6 is 22.6 Å².